The first-order valence-corrected chi connectivity index (χ1v) is 5.77. The highest BCUT2D eigenvalue weighted by atomic mass is 14.9. The van der Waals surface area contributed by atoms with Crippen LogP contribution in [0.1, 0.15) is 56.4 Å². The zero-order chi connectivity index (χ0) is 11.3. The molecule has 0 amide bonds. The molecule has 0 spiro atoms. The number of aryl methyl sites for hydroxylation is 2. The zero-order valence-corrected chi connectivity index (χ0v) is 9.95. The van der Waals surface area contributed by atoms with E-state index in [1.54, 1.807) is 0 Å². The third-order valence-corrected chi connectivity index (χ3v) is 2.36. The molecule has 0 radical (unpaired) electrons. The van der Waals surface area contributed by atoms with Crippen molar-refractivity contribution in [1.82, 2.24) is 9.97 Å². The van der Waals surface area contributed by atoms with Crippen LogP contribution in [0.5, 0.6) is 0 Å². The van der Waals surface area contributed by atoms with E-state index in [2.05, 4.69) is 23.8 Å². The van der Waals surface area contributed by atoms with Gasteiger partial charge in [0, 0.05) is 11.4 Å². The van der Waals surface area contributed by atoms with Gasteiger partial charge in [-0.05, 0) is 25.8 Å². The Balaban J connectivity index is 2.87. The summed E-state index contributed by atoms with van der Waals surface area (Å²) in [6.07, 6.45) is 4.14. The smallest absolute Gasteiger partial charge is 0.145 e. The van der Waals surface area contributed by atoms with Crippen molar-refractivity contribution in [3.8, 4) is 0 Å². The van der Waals surface area contributed by atoms with Crippen molar-refractivity contribution < 1.29 is 0 Å². The molecule has 1 aromatic heterocycles. The van der Waals surface area contributed by atoms with Crippen molar-refractivity contribution in [2.45, 2.75) is 52.5 Å². The summed E-state index contributed by atoms with van der Waals surface area (Å²) in [6, 6.07) is 2.04. The van der Waals surface area contributed by atoms with Crippen LogP contribution in [-0.2, 0) is 6.42 Å². The first-order valence-electron chi connectivity index (χ1n) is 5.77. The SMILES string of the molecule is CCCc1cc(C)nc(C(N)CCC)n1. The number of hydrogen-bond donors (Lipinski definition) is 1. The minimum absolute atomic E-state index is 0.00879. The minimum Gasteiger partial charge on any atom is -0.321 e. The molecule has 0 bridgehead atoms. The maximum Gasteiger partial charge on any atom is 0.145 e. The van der Waals surface area contributed by atoms with E-state index in [4.69, 9.17) is 5.73 Å². The van der Waals surface area contributed by atoms with E-state index in [1.165, 1.54) is 0 Å². The highest BCUT2D eigenvalue weighted by Gasteiger charge is 2.09. The highest BCUT2D eigenvalue weighted by molar-refractivity contribution is 5.11. The Bertz CT molecular complexity index is 310. The van der Waals surface area contributed by atoms with Crippen LogP contribution in [0.4, 0.5) is 0 Å². The molecule has 1 rings (SSSR count). The standard InChI is InChI=1S/C12H21N3/c1-4-6-10-8-9(3)14-12(15-10)11(13)7-5-2/h8,11H,4-7,13H2,1-3H3. The van der Waals surface area contributed by atoms with Gasteiger partial charge >= 0.3 is 0 Å². The molecule has 0 aliphatic rings. The van der Waals surface area contributed by atoms with Crippen LogP contribution in [0.2, 0.25) is 0 Å². The average molecular weight is 207 g/mol. The lowest BCUT2D eigenvalue weighted by atomic mass is 10.1. The number of rotatable bonds is 5. The van der Waals surface area contributed by atoms with Gasteiger partial charge in [0.05, 0.1) is 6.04 Å². The second kappa shape index (κ2) is 5.81. The molecule has 0 aliphatic heterocycles. The number of nitrogens with two attached hydrogens (primary N) is 1. The van der Waals surface area contributed by atoms with Crippen molar-refractivity contribution in [3.63, 3.8) is 0 Å². The van der Waals surface area contributed by atoms with Gasteiger partial charge < -0.3 is 5.73 Å². The molecule has 15 heavy (non-hydrogen) atoms. The summed E-state index contributed by atoms with van der Waals surface area (Å²) in [7, 11) is 0. The van der Waals surface area contributed by atoms with Crippen LogP contribution >= 0.6 is 0 Å². The van der Waals surface area contributed by atoms with E-state index < -0.39 is 0 Å². The quantitative estimate of drug-likeness (QED) is 0.807. The Morgan fingerprint density at radius 2 is 2.00 bits per heavy atom. The Kier molecular flexibility index (Phi) is 4.69. The Labute approximate surface area is 92.1 Å². The molecule has 3 nitrogen and oxygen atoms in total. The van der Waals surface area contributed by atoms with Crippen molar-refractivity contribution in [3.05, 3.63) is 23.3 Å². The second-order valence-corrected chi connectivity index (χ2v) is 4.00. The van der Waals surface area contributed by atoms with E-state index in [-0.39, 0.29) is 6.04 Å². The Morgan fingerprint density at radius 1 is 1.27 bits per heavy atom. The molecule has 0 aromatic carbocycles. The van der Waals surface area contributed by atoms with Crippen molar-refractivity contribution >= 4 is 0 Å². The summed E-state index contributed by atoms with van der Waals surface area (Å²) < 4.78 is 0. The van der Waals surface area contributed by atoms with Crippen LogP contribution in [0, 0.1) is 6.92 Å². The highest BCUT2D eigenvalue weighted by Crippen LogP contribution is 2.13. The van der Waals surface area contributed by atoms with E-state index in [0.717, 1.165) is 42.9 Å². The van der Waals surface area contributed by atoms with Gasteiger partial charge in [-0.15, -0.1) is 0 Å². The van der Waals surface area contributed by atoms with E-state index >= 15 is 0 Å². The van der Waals surface area contributed by atoms with Crippen molar-refractivity contribution in [2.75, 3.05) is 0 Å². The van der Waals surface area contributed by atoms with Gasteiger partial charge in [-0.3, -0.25) is 0 Å². The normalized spacial score (nSPS) is 12.8. The fraction of sp³-hybridized carbons (Fsp3) is 0.667. The van der Waals surface area contributed by atoms with Crippen LogP contribution < -0.4 is 5.73 Å². The predicted octanol–water partition coefficient (Wildman–Crippen LogP) is 2.54. The molecule has 0 aliphatic carbocycles. The van der Waals surface area contributed by atoms with Gasteiger partial charge in [0.25, 0.3) is 0 Å². The van der Waals surface area contributed by atoms with Crippen molar-refractivity contribution in [2.24, 2.45) is 5.73 Å². The zero-order valence-electron chi connectivity index (χ0n) is 9.95. The fourth-order valence-corrected chi connectivity index (χ4v) is 1.65. The van der Waals surface area contributed by atoms with Crippen LogP contribution in [0.3, 0.4) is 0 Å². The molecule has 1 atom stereocenters. The molecule has 1 aromatic rings. The molecule has 0 saturated heterocycles. The summed E-state index contributed by atoms with van der Waals surface area (Å²) in [5.41, 5.74) is 8.15. The van der Waals surface area contributed by atoms with Gasteiger partial charge in [-0.1, -0.05) is 26.7 Å². The summed E-state index contributed by atoms with van der Waals surface area (Å²) in [5, 5.41) is 0. The number of aromatic nitrogens is 2. The van der Waals surface area contributed by atoms with E-state index in [9.17, 15) is 0 Å². The first kappa shape index (κ1) is 12.1. The number of hydrogen-bond acceptors (Lipinski definition) is 3. The molecule has 84 valence electrons. The third kappa shape index (κ3) is 3.59. The van der Waals surface area contributed by atoms with Crippen LogP contribution in [0.15, 0.2) is 6.07 Å². The molecule has 3 heteroatoms. The van der Waals surface area contributed by atoms with E-state index in [1.807, 2.05) is 13.0 Å². The largest absolute Gasteiger partial charge is 0.321 e. The van der Waals surface area contributed by atoms with E-state index in [0.29, 0.717) is 0 Å². The minimum atomic E-state index is -0.00879. The average Bonchev–Trinajstić information content (AvgIpc) is 2.17. The summed E-state index contributed by atoms with van der Waals surface area (Å²) in [5.74, 6) is 0.806. The lowest BCUT2D eigenvalue weighted by Gasteiger charge is -2.11. The maximum atomic E-state index is 6.01. The lowest BCUT2D eigenvalue weighted by molar-refractivity contribution is 0.594. The first-order chi connectivity index (χ1) is 7.17. The molecular weight excluding hydrogens is 186 g/mol. The van der Waals surface area contributed by atoms with Gasteiger partial charge in [-0.2, -0.15) is 0 Å². The molecule has 1 unspecified atom stereocenters. The maximum absolute atomic E-state index is 6.01. The predicted molar refractivity (Wildman–Crippen MR) is 62.6 cm³/mol. The van der Waals surface area contributed by atoms with Crippen LogP contribution in [0.25, 0.3) is 0 Å². The third-order valence-electron chi connectivity index (χ3n) is 2.36. The topological polar surface area (TPSA) is 51.8 Å². The van der Waals surface area contributed by atoms with Crippen molar-refractivity contribution in [1.29, 1.82) is 0 Å². The summed E-state index contributed by atoms with van der Waals surface area (Å²) in [6.45, 7) is 6.29. The summed E-state index contributed by atoms with van der Waals surface area (Å²) >= 11 is 0. The van der Waals surface area contributed by atoms with Gasteiger partial charge in [0.1, 0.15) is 5.82 Å². The second-order valence-electron chi connectivity index (χ2n) is 4.00. The lowest BCUT2D eigenvalue weighted by Crippen LogP contribution is -2.15. The Morgan fingerprint density at radius 3 is 2.60 bits per heavy atom. The molecule has 0 fully saturated rings. The Hall–Kier alpha value is -0.960. The van der Waals surface area contributed by atoms with Gasteiger partial charge in [0.2, 0.25) is 0 Å². The van der Waals surface area contributed by atoms with Crippen LogP contribution in [-0.4, -0.2) is 9.97 Å². The molecular formula is C12H21N3. The molecule has 1 heterocycles. The molecule has 0 saturated carbocycles. The van der Waals surface area contributed by atoms with Gasteiger partial charge in [0.15, 0.2) is 0 Å². The van der Waals surface area contributed by atoms with Gasteiger partial charge in [-0.25, -0.2) is 9.97 Å². The number of nitrogens with zero attached hydrogens (tertiary/aromatic N) is 2. The molecule has 2 N–H and O–H groups in total. The monoisotopic (exact) mass is 207 g/mol. The fourth-order valence-electron chi connectivity index (χ4n) is 1.65. The summed E-state index contributed by atoms with van der Waals surface area (Å²) in [4.78, 5) is 8.90.